The van der Waals surface area contributed by atoms with E-state index in [1.807, 2.05) is 26.7 Å². The molecule has 1 saturated carbocycles. The normalized spacial score (nSPS) is 14.9. The Hall–Kier alpha value is -1.50. The van der Waals surface area contributed by atoms with Crippen molar-refractivity contribution in [2.45, 2.75) is 51.7 Å². The number of carbonyl (C=O) groups is 2. The van der Waals surface area contributed by atoms with Gasteiger partial charge in [-0.15, -0.1) is 6.42 Å². The highest BCUT2D eigenvalue weighted by Crippen LogP contribution is 2.28. The zero-order valence-corrected chi connectivity index (χ0v) is 10.7. The number of ketones is 1. The molecule has 0 radical (unpaired) electrons. The molecule has 1 rings (SSSR count). The molecule has 4 nitrogen and oxygen atoms in total. The summed E-state index contributed by atoms with van der Waals surface area (Å²) in [5, 5.41) is 0. The summed E-state index contributed by atoms with van der Waals surface area (Å²) < 4.78 is 5.29. The van der Waals surface area contributed by atoms with Gasteiger partial charge < -0.3 is 9.64 Å². The standard InChI is InChI=1S/C13H19NO3/c1-5-11(15)8-9-14(10-6-7-10)12(16)17-13(2,3)4/h1,10H,6-9H2,2-4H3. The molecule has 1 amide bonds. The van der Waals surface area contributed by atoms with E-state index in [0.717, 1.165) is 12.8 Å². The van der Waals surface area contributed by atoms with Crippen LogP contribution in [0.3, 0.4) is 0 Å². The van der Waals surface area contributed by atoms with Gasteiger partial charge in [-0.1, -0.05) is 0 Å². The first-order valence-electron chi connectivity index (χ1n) is 5.82. The predicted octanol–water partition coefficient (Wildman–Crippen LogP) is 1.98. The Kier molecular flexibility index (Phi) is 4.17. The summed E-state index contributed by atoms with van der Waals surface area (Å²) in [6, 6.07) is 0.218. The molecule has 4 heteroatoms. The second-order valence-corrected chi connectivity index (χ2v) is 5.22. The monoisotopic (exact) mass is 237 g/mol. The van der Waals surface area contributed by atoms with Gasteiger partial charge in [0.25, 0.3) is 0 Å². The van der Waals surface area contributed by atoms with Crippen LogP contribution in [0.15, 0.2) is 0 Å². The van der Waals surface area contributed by atoms with Crippen molar-refractivity contribution in [3.05, 3.63) is 0 Å². The summed E-state index contributed by atoms with van der Waals surface area (Å²) in [5.74, 6) is 1.77. The maximum Gasteiger partial charge on any atom is 0.410 e. The average Bonchev–Trinajstić information content (AvgIpc) is 2.99. The highest BCUT2D eigenvalue weighted by Gasteiger charge is 2.35. The number of rotatable bonds is 4. The molecule has 0 spiro atoms. The lowest BCUT2D eigenvalue weighted by molar-refractivity contribution is -0.114. The fraction of sp³-hybridized carbons (Fsp3) is 0.692. The maximum atomic E-state index is 11.9. The Morgan fingerprint density at radius 2 is 2.00 bits per heavy atom. The highest BCUT2D eigenvalue weighted by molar-refractivity contribution is 5.95. The fourth-order valence-corrected chi connectivity index (χ4v) is 1.42. The van der Waals surface area contributed by atoms with Gasteiger partial charge in [-0.3, -0.25) is 4.79 Å². The minimum Gasteiger partial charge on any atom is -0.444 e. The number of amides is 1. The molecule has 0 heterocycles. The van der Waals surface area contributed by atoms with E-state index in [1.54, 1.807) is 4.90 Å². The summed E-state index contributed by atoms with van der Waals surface area (Å²) in [7, 11) is 0. The number of nitrogens with zero attached hydrogens (tertiary/aromatic N) is 1. The molecular formula is C13H19NO3. The van der Waals surface area contributed by atoms with Crippen molar-refractivity contribution in [3.8, 4) is 12.3 Å². The van der Waals surface area contributed by atoms with Crippen LogP contribution >= 0.6 is 0 Å². The van der Waals surface area contributed by atoms with Crippen LogP contribution in [0.1, 0.15) is 40.0 Å². The molecule has 0 saturated heterocycles. The van der Waals surface area contributed by atoms with Crippen LogP contribution in [0.25, 0.3) is 0 Å². The number of hydrogen-bond acceptors (Lipinski definition) is 3. The Balaban J connectivity index is 2.51. The third kappa shape index (κ3) is 4.90. The molecule has 17 heavy (non-hydrogen) atoms. The van der Waals surface area contributed by atoms with E-state index in [4.69, 9.17) is 11.2 Å². The van der Waals surface area contributed by atoms with Gasteiger partial charge in [0.2, 0.25) is 5.78 Å². The number of ether oxygens (including phenoxy) is 1. The molecular weight excluding hydrogens is 218 g/mol. The SMILES string of the molecule is C#CC(=O)CCN(C(=O)OC(C)(C)C)C1CC1. The minimum atomic E-state index is -0.514. The van der Waals surface area contributed by atoms with Gasteiger partial charge in [-0.2, -0.15) is 0 Å². The van der Waals surface area contributed by atoms with Gasteiger partial charge in [0.1, 0.15) is 5.60 Å². The van der Waals surface area contributed by atoms with E-state index < -0.39 is 5.60 Å². The van der Waals surface area contributed by atoms with Crippen molar-refractivity contribution >= 4 is 11.9 Å². The van der Waals surface area contributed by atoms with Crippen molar-refractivity contribution < 1.29 is 14.3 Å². The maximum absolute atomic E-state index is 11.9. The minimum absolute atomic E-state index is 0.201. The Bertz CT molecular complexity index is 345. The Labute approximate surface area is 102 Å². The zero-order valence-electron chi connectivity index (χ0n) is 10.7. The Morgan fingerprint density at radius 1 is 1.41 bits per heavy atom. The van der Waals surface area contributed by atoms with E-state index in [1.165, 1.54) is 0 Å². The first kappa shape index (κ1) is 13.6. The highest BCUT2D eigenvalue weighted by atomic mass is 16.6. The number of carbonyl (C=O) groups excluding carboxylic acids is 2. The topological polar surface area (TPSA) is 46.6 Å². The van der Waals surface area contributed by atoms with Crippen LogP contribution in [0.2, 0.25) is 0 Å². The number of hydrogen-bond donors (Lipinski definition) is 0. The van der Waals surface area contributed by atoms with Crippen molar-refractivity contribution in [1.82, 2.24) is 4.90 Å². The quantitative estimate of drug-likeness (QED) is 0.555. The summed E-state index contributed by atoms with van der Waals surface area (Å²) in [4.78, 5) is 24.5. The smallest absolute Gasteiger partial charge is 0.410 e. The number of terminal acetylenes is 1. The van der Waals surface area contributed by atoms with Crippen LogP contribution in [0.4, 0.5) is 4.79 Å². The molecule has 1 aliphatic rings. The molecule has 0 aromatic rings. The van der Waals surface area contributed by atoms with Crippen LogP contribution in [0, 0.1) is 12.3 Å². The summed E-state index contributed by atoms with van der Waals surface area (Å²) in [6.45, 7) is 5.82. The van der Waals surface area contributed by atoms with Crippen molar-refractivity contribution in [2.24, 2.45) is 0 Å². The second kappa shape index (κ2) is 5.22. The zero-order chi connectivity index (χ0) is 13.1. The van der Waals surface area contributed by atoms with Crippen molar-refractivity contribution in [3.63, 3.8) is 0 Å². The van der Waals surface area contributed by atoms with Gasteiger partial charge in [-0.05, 0) is 39.5 Å². The molecule has 1 aliphatic carbocycles. The molecule has 0 aliphatic heterocycles. The first-order valence-corrected chi connectivity index (χ1v) is 5.82. The van der Waals surface area contributed by atoms with E-state index in [9.17, 15) is 9.59 Å². The summed E-state index contributed by atoms with van der Waals surface area (Å²) in [6.07, 6.45) is 6.79. The average molecular weight is 237 g/mol. The number of Topliss-reactive ketones (excluding diaryl/α,β-unsaturated/α-hetero) is 1. The lowest BCUT2D eigenvalue weighted by Gasteiger charge is -2.27. The first-order chi connectivity index (χ1) is 7.83. The molecule has 0 aromatic carbocycles. The van der Waals surface area contributed by atoms with Crippen LogP contribution in [-0.4, -0.2) is 35.0 Å². The third-order valence-corrected chi connectivity index (χ3v) is 2.36. The van der Waals surface area contributed by atoms with E-state index in [-0.39, 0.29) is 24.3 Å². The Morgan fingerprint density at radius 3 is 2.41 bits per heavy atom. The molecule has 0 unspecified atom stereocenters. The molecule has 0 atom stereocenters. The second-order valence-electron chi connectivity index (χ2n) is 5.22. The van der Waals surface area contributed by atoms with Gasteiger partial charge in [0.15, 0.2) is 0 Å². The molecule has 0 bridgehead atoms. The van der Waals surface area contributed by atoms with E-state index >= 15 is 0 Å². The fourth-order valence-electron chi connectivity index (χ4n) is 1.42. The van der Waals surface area contributed by atoms with Gasteiger partial charge >= 0.3 is 6.09 Å². The van der Waals surface area contributed by atoms with Crippen LogP contribution in [-0.2, 0) is 9.53 Å². The van der Waals surface area contributed by atoms with Crippen LogP contribution in [0.5, 0.6) is 0 Å². The molecule has 1 fully saturated rings. The van der Waals surface area contributed by atoms with Crippen molar-refractivity contribution in [2.75, 3.05) is 6.54 Å². The lowest BCUT2D eigenvalue weighted by atomic mass is 10.2. The predicted molar refractivity (Wildman–Crippen MR) is 64.4 cm³/mol. The summed E-state index contributed by atoms with van der Waals surface area (Å²) >= 11 is 0. The van der Waals surface area contributed by atoms with E-state index in [2.05, 4.69) is 0 Å². The third-order valence-electron chi connectivity index (χ3n) is 2.36. The molecule has 0 aromatic heterocycles. The summed E-state index contributed by atoms with van der Waals surface area (Å²) in [5.41, 5.74) is -0.514. The lowest BCUT2D eigenvalue weighted by Crippen LogP contribution is -2.39. The molecule has 94 valence electrons. The van der Waals surface area contributed by atoms with Gasteiger partial charge in [0.05, 0.1) is 0 Å². The van der Waals surface area contributed by atoms with Crippen molar-refractivity contribution in [1.29, 1.82) is 0 Å². The van der Waals surface area contributed by atoms with Crippen LogP contribution < -0.4 is 0 Å². The molecule has 0 N–H and O–H groups in total. The van der Waals surface area contributed by atoms with Gasteiger partial charge in [0, 0.05) is 19.0 Å². The van der Waals surface area contributed by atoms with E-state index in [0.29, 0.717) is 6.54 Å². The largest absolute Gasteiger partial charge is 0.444 e. The van der Waals surface area contributed by atoms with Gasteiger partial charge in [-0.25, -0.2) is 4.79 Å².